The molecular formula is C9H15NOS. The predicted molar refractivity (Wildman–Crippen MR) is 53.9 cm³/mol. The van der Waals surface area contributed by atoms with E-state index in [2.05, 4.69) is 29.1 Å². The molecule has 0 saturated carbocycles. The van der Waals surface area contributed by atoms with Gasteiger partial charge < -0.3 is 10.1 Å². The van der Waals surface area contributed by atoms with Crippen molar-refractivity contribution in [1.29, 1.82) is 0 Å². The highest BCUT2D eigenvalue weighted by Gasteiger charge is 2.00. The Bertz CT molecular complexity index is 198. The van der Waals surface area contributed by atoms with E-state index >= 15 is 0 Å². The zero-order valence-corrected chi connectivity index (χ0v) is 8.36. The Morgan fingerprint density at radius 3 is 3.08 bits per heavy atom. The summed E-state index contributed by atoms with van der Waals surface area (Å²) in [4.78, 5) is 0. The van der Waals surface area contributed by atoms with E-state index in [0.29, 0.717) is 6.04 Å². The van der Waals surface area contributed by atoms with E-state index in [1.54, 1.807) is 18.4 Å². The molecule has 2 nitrogen and oxygen atoms in total. The van der Waals surface area contributed by atoms with Crippen LogP contribution < -0.4 is 5.32 Å². The van der Waals surface area contributed by atoms with Gasteiger partial charge in [0, 0.05) is 30.8 Å². The second-order valence-corrected chi connectivity index (χ2v) is 3.62. The molecule has 1 aromatic heterocycles. The van der Waals surface area contributed by atoms with E-state index < -0.39 is 0 Å². The largest absolute Gasteiger partial charge is 0.385 e. The summed E-state index contributed by atoms with van der Waals surface area (Å²) in [5, 5.41) is 7.58. The van der Waals surface area contributed by atoms with Crippen molar-refractivity contribution in [3.63, 3.8) is 0 Å². The second kappa shape index (κ2) is 5.17. The van der Waals surface area contributed by atoms with Crippen LogP contribution in [0.2, 0.25) is 0 Å². The topological polar surface area (TPSA) is 21.3 Å². The summed E-state index contributed by atoms with van der Waals surface area (Å²) in [5.41, 5.74) is 1.21. The Morgan fingerprint density at radius 1 is 1.67 bits per heavy atom. The Labute approximate surface area is 77.6 Å². The lowest BCUT2D eigenvalue weighted by atomic mass is 10.2. The van der Waals surface area contributed by atoms with Crippen LogP contribution in [0.25, 0.3) is 0 Å². The Morgan fingerprint density at radius 2 is 2.50 bits per heavy atom. The van der Waals surface area contributed by atoms with E-state index in [0.717, 1.165) is 13.0 Å². The number of thiophene rings is 1. The molecule has 0 spiro atoms. The first-order valence-electron chi connectivity index (χ1n) is 4.10. The van der Waals surface area contributed by atoms with Gasteiger partial charge in [-0.2, -0.15) is 11.3 Å². The van der Waals surface area contributed by atoms with E-state index in [-0.39, 0.29) is 0 Å². The maximum Gasteiger partial charge on any atom is 0.0481 e. The van der Waals surface area contributed by atoms with Crippen molar-refractivity contribution >= 4 is 17.0 Å². The van der Waals surface area contributed by atoms with Crippen LogP contribution in [0.3, 0.4) is 0 Å². The van der Waals surface area contributed by atoms with Crippen LogP contribution in [0.4, 0.5) is 5.69 Å². The van der Waals surface area contributed by atoms with Crippen LogP contribution in [-0.2, 0) is 4.74 Å². The SMILES string of the molecule is COCCC(C)Nc1ccsc1. The molecule has 1 unspecified atom stereocenters. The summed E-state index contributed by atoms with van der Waals surface area (Å²) in [6.07, 6.45) is 1.05. The summed E-state index contributed by atoms with van der Waals surface area (Å²) < 4.78 is 4.99. The Balaban J connectivity index is 2.22. The first kappa shape index (κ1) is 9.55. The number of hydrogen-bond donors (Lipinski definition) is 1. The fourth-order valence-electron chi connectivity index (χ4n) is 0.998. The molecule has 68 valence electrons. The molecule has 1 N–H and O–H groups in total. The minimum absolute atomic E-state index is 0.486. The first-order chi connectivity index (χ1) is 5.83. The molecule has 1 rings (SSSR count). The average molecular weight is 185 g/mol. The molecular weight excluding hydrogens is 170 g/mol. The molecule has 1 aromatic rings. The number of anilines is 1. The van der Waals surface area contributed by atoms with Crippen LogP contribution in [-0.4, -0.2) is 19.8 Å². The monoisotopic (exact) mass is 185 g/mol. The lowest BCUT2D eigenvalue weighted by Crippen LogP contribution is -2.16. The highest BCUT2D eigenvalue weighted by molar-refractivity contribution is 7.08. The first-order valence-corrected chi connectivity index (χ1v) is 5.05. The summed E-state index contributed by atoms with van der Waals surface area (Å²) in [5.74, 6) is 0. The van der Waals surface area contributed by atoms with Crippen LogP contribution in [0.15, 0.2) is 16.8 Å². The summed E-state index contributed by atoms with van der Waals surface area (Å²) in [6.45, 7) is 2.98. The van der Waals surface area contributed by atoms with Gasteiger partial charge in [-0.15, -0.1) is 0 Å². The van der Waals surface area contributed by atoms with Gasteiger partial charge in [0.25, 0.3) is 0 Å². The van der Waals surface area contributed by atoms with E-state index in [1.165, 1.54) is 5.69 Å². The van der Waals surface area contributed by atoms with Crippen molar-refractivity contribution < 1.29 is 4.74 Å². The minimum Gasteiger partial charge on any atom is -0.385 e. The molecule has 0 aliphatic rings. The fraction of sp³-hybridized carbons (Fsp3) is 0.556. The van der Waals surface area contributed by atoms with Crippen molar-refractivity contribution in [3.05, 3.63) is 16.8 Å². The van der Waals surface area contributed by atoms with Crippen LogP contribution in [0, 0.1) is 0 Å². The molecule has 0 saturated heterocycles. The van der Waals surface area contributed by atoms with Crippen molar-refractivity contribution in [3.8, 4) is 0 Å². The molecule has 12 heavy (non-hydrogen) atoms. The third-order valence-corrected chi connectivity index (χ3v) is 2.37. The number of hydrogen-bond acceptors (Lipinski definition) is 3. The third-order valence-electron chi connectivity index (χ3n) is 1.69. The molecule has 0 fully saturated rings. The maximum absolute atomic E-state index is 4.99. The Hall–Kier alpha value is -0.540. The normalized spacial score (nSPS) is 12.8. The molecule has 3 heteroatoms. The van der Waals surface area contributed by atoms with E-state index in [4.69, 9.17) is 4.74 Å². The Kier molecular flexibility index (Phi) is 4.11. The molecule has 0 bridgehead atoms. The highest BCUT2D eigenvalue weighted by Crippen LogP contribution is 2.13. The minimum atomic E-state index is 0.486. The zero-order valence-electron chi connectivity index (χ0n) is 7.54. The standard InChI is InChI=1S/C9H15NOS/c1-8(3-5-11-2)10-9-4-6-12-7-9/h4,6-8,10H,3,5H2,1-2H3. The molecule has 0 amide bonds. The van der Waals surface area contributed by atoms with Crippen LogP contribution in [0.1, 0.15) is 13.3 Å². The molecule has 0 radical (unpaired) electrons. The summed E-state index contributed by atoms with van der Waals surface area (Å²) >= 11 is 1.71. The lowest BCUT2D eigenvalue weighted by molar-refractivity contribution is 0.191. The van der Waals surface area contributed by atoms with Crippen molar-refractivity contribution in [2.45, 2.75) is 19.4 Å². The molecule has 1 atom stereocenters. The van der Waals surface area contributed by atoms with Gasteiger partial charge in [-0.1, -0.05) is 0 Å². The van der Waals surface area contributed by atoms with Gasteiger partial charge in [-0.05, 0) is 24.8 Å². The summed E-state index contributed by atoms with van der Waals surface area (Å²) in [7, 11) is 1.73. The van der Waals surface area contributed by atoms with Gasteiger partial charge in [0.2, 0.25) is 0 Å². The van der Waals surface area contributed by atoms with Gasteiger partial charge in [0.05, 0.1) is 0 Å². The van der Waals surface area contributed by atoms with Gasteiger partial charge in [-0.25, -0.2) is 0 Å². The van der Waals surface area contributed by atoms with Gasteiger partial charge in [-0.3, -0.25) is 0 Å². The molecule has 0 aliphatic heterocycles. The maximum atomic E-state index is 4.99. The van der Waals surface area contributed by atoms with Gasteiger partial charge in [0.15, 0.2) is 0 Å². The van der Waals surface area contributed by atoms with Gasteiger partial charge in [0.1, 0.15) is 0 Å². The van der Waals surface area contributed by atoms with Crippen molar-refractivity contribution in [2.24, 2.45) is 0 Å². The predicted octanol–water partition coefficient (Wildman–Crippen LogP) is 2.59. The number of rotatable bonds is 5. The van der Waals surface area contributed by atoms with Crippen LogP contribution in [0.5, 0.6) is 0 Å². The summed E-state index contributed by atoms with van der Waals surface area (Å²) in [6, 6.07) is 2.58. The number of methoxy groups -OCH3 is 1. The number of nitrogens with one attached hydrogen (secondary N) is 1. The molecule has 0 aliphatic carbocycles. The highest BCUT2D eigenvalue weighted by atomic mass is 32.1. The molecule has 0 aromatic carbocycles. The van der Waals surface area contributed by atoms with E-state index in [1.807, 2.05) is 0 Å². The van der Waals surface area contributed by atoms with Gasteiger partial charge >= 0.3 is 0 Å². The fourth-order valence-corrected chi connectivity index (χ4v) is 1.59. The second-order valence-electron chi connectivity index (χ2n) is 2.84. The van der Waals surface area contributed by atoms with Crippen molar-refractivity contribution in [2.75, 3.05) is 19.0 Å². The van der Waals surface area contributed by atoms with Crippen molar-refractivity contribution in [1.82, 2.24) is 0 Å². The van der Waals surface area contributed by atoms with Crippen LogP contribution >= 0.6 is 11.3 Å². The third kappa shape index (κ3) is 3.24. The smallest absolute Gasteiger partial charge is 0.0481 e. The van der Waals surface area contributed by atoms with E-state index in [9.17, 15) is 0 Å². The lowest BCUT2D eigenvalue weighted by Gasteiger charge is -2.12. The quantitative estimate of drug-likeness (QED) is 0.761. The molecule has 1 heterocycles. The zero-order chi connectivity index (χ0) is 8.81. The average Bonchev–Trinajstić information content (AvgIpc) is 2.53. The number of ether oxygens (including phenoxy) is 1.